The smallest absolute Gasteiger partial charge is 0.339 e. The molecule has 1 aromatic heterocycles. The summed E-state index contributed by atoms with van der Waals surface area (Å²) in [6.45, 7) is 1.86. The number of nitro benzene ring substituents is 1. The van der Waals surface area contributed by atoms with E-state index in [0.29, 0.717) is 31.9 Å². The lowest BCUT2D eigenvalue weighted by molar-refractivity contribution is -0.384. The van der Waals surface area contributed by atoms with E-state index in [1.165, 1.54) is 13.2 Å². The molecule has 0 bridgehead atoms. The van der Waals surface area contributed by atoms with Crippen molar-refractivity contribution in [3.05, 3.63) is 51.3 Å². The summed E-state index contributed by atoms with van der Waals surface area (Å²) in [6, 6.07) is 4.40. The largest absolute Gasteiger partial charge is 0.465 e. The predicted octanol–water partition coefficient (Wildman–Crippen LogP) is 2.14. The standard InChI is InChI=1S/C16H17ClN4O5/c1-25-16(22)12-7-15(21(23)24)14(8-13(12)17)19-5-6-26-11(9-19)10-20-4-2-3-18-20/h2-4,7-8,11H,5-6,9-10H2,1H3. The Bertz CT molecular complexity index is 811. The van der Waals surface area contributed by atoms with Crippen LogP contribution >= 0.6 is 11.6 Å². The number of morpholine rings is 1. The molecule has 9 nitrogen and oxygen atoms in total. The van der Waals surface area contributed by atoms with Gasteiger partial charge in [-0.1, -0.05) is 11.6 Å². The molecule has 0 N–H and O–H groups in total. The predicted molar refractivity (Wildman–Crippen MR) is 93.6 cm³/mol. The average molecular weight is 381 g/mol. The summed E-state index contributed by atoms with van der Waals surface area (Å²) < 4.78 is 12.1. The molecule has 0 amide bonds. The lowest BCUT2D eigenvalue weighted by atomic mass is 10.1. The van der Waals surface area contributed by atoms with Gasteiger partial charge in [0.2, 0.25) is 0 Å². The van der Waals surface area contributed by atoms with Gasteiger partial charge in [-0.15, -0.1) is 0 Å². The van der Waals surface area contributed by atoms with E-state index in [0.717, 1.165) is 6.07 Å². The van der Waals surface area contributed by atoms with Crippen molar-refractivity contribution in [3.63, 3.8) is 0 Å². The van der Waals surface area contributed by atoms with Gasteiger partial charge >= 0.3 is 5.97 Å². The first-order valence-electron chi connectivity index (χ1n) is 7.90. The molecule has 0 spiro atoms. The molecule has 2 aromatic rings. The number of ether oxygens (including phenoxy) is 2. The van der Waals surface area contributed by atoms with Crippen molar-refractivity contribution in [3.8, 4) is 0 Å². The van der Waals surface area contributed by atoms with Gasteiger partial charge in [-0.3, -0.25) is 14.8 Å². The maximum absolute atomic E-state index is 11.8. The molecule has 1 aromatic carbocycles. The van der Waals surface area contributed by atoms with E-state index < -0.39 is 10.9 Å². The fourth-order valence-electron chi connectivity index (χ4n) is 2.88. The highest BCUT2D eigenvalue weighted by Gasteiger charge is 2.29. The number of rotatable bonds is 5. The van der Waals surface area contributed by atoms with Crippen molar-refractivity contribution in [1.29, 1.82) is 0 Å². The Morgan fingerprint density at radius 2 is 2.35 bits per heavy atom. The van der Waals surface area contributed by atoms with Crippen LogP contribution in [0.3, 0.4) is 0 Å². The van der Waals surface area contributed by atoms with Gasteiger partial charge < -0.3 is 14.4 Å². The number of anilines is 1. The van der Waals surface area contributed by atoms with Gasteiger partial charge in [0.1, 0.15) is 5.69 Å². The number of halogens is 1. The average Bonchev–Trinajstić information content (AvgIpc) is 3.13. The fourth-order valence-corrected chi connectivity index (χ4v) is 3.12. The van der Waals surface area contributed by atoms with Gasteiger partial charge in [0.25, 0.3) is 5.69 Å². The van der Waals surface area contributed by atoms with Crippen molar-refractivity contribution >= 4 is 28.9 Å². The van der Waals surface area contributed by atoms with Gasteiger partial charge in [-0.05, 0) is 12.1 Å². The zero-order chi connectivity index (χ0) is 18.7. The van der Waals surface area contributed by atoms with Gasteiger partial charge in [-0.2, -0.15) is 5.10 Å². The zero-order valence-corrected chi connectivity index (χ0v) is 14.8. The van der Waals surface area contributed by atoms with Crippen LogP contribution in [0.4, 0.5) is 11.4 Å². The number of carbonyl (C=O) groups excluding carboxylic acids is 1. The van der Waals surface area contributed by atoms with E-state index in [4.69, 9.17) is 16.3 Å². The third-order valence-corrected chi connectivity index (χ3v) is 4.41. The zero-order valence-electron chi connectivity index (χ0n) is 14.0. The minimum atomic E-state index is -0.719. The molecule has 1 unspecified atom stereocenters. The molecule has 1 aliphatic heterocycles. The van der Waals surface area contributed by atoms with E-state index in [1.54, 1.807) is 10.9 Å². The Labute approximate surface area is 154 Å². The van der Waals surface area contributed by atoms with Gasteiger partial charge in [0.05, 0.1) is 41.9 Å². The molecule has 26 heavy (non-hydrogen) atoms. The van der Waals surface area contributed by atoms with E-state index in [-0.39, 0.29) is 22.4 Å². The highest BCUT2D eigenvalue weighted by molar-refractivity contribution is 6.34. The normalized spacial score (nSPS) is 17.2. The van der Waals surface area contributed by atoms with Crippen molar-refractivity contribution in [2.24, 2.45) is 0 Å². The molecule has 0 radical (unpaired) electrons. The molecule has 0 aliphatic carbocycles. The van der Waals surface area contributed by atoms with Crippen molar-refractivity contribution in [2.75, 3.05) is 31.7 Å². The van der Waals surface area contributed by atoms with Crippen LogP contribution in [0, 0.1) is 10.1 Å². The molecule has 0 saturated carbocycles. The lowest BCUT2D eigenvalue weighted by Crippen LogP contribution is -2.44. The number of aromatic nitrogens is 2. The van der Waals surface area contributed by atoms with Gasteiger partial charge in [-0.25, -0.2) is 4.79 Å². The number of benzene rings is 1. The van der Waals surface area contributed by atoms with Crippen molar-refractivity contribution in [1.82, 2.24) is 9.78 Å². The van der Waals surface area contributed by atoms with Crippen LogP contribution < -0.4 is 4.90 Å². The van der Waals surface area contributed by atoms with E-state index in [1.807, 2.05) is 17.2 Å². The number of carbonyl (C=O) groups is 1. The summed E-state index contributed by atoms with van der Waals surface area (Å²) in [4.78, 5) is 24.6. The lowest BCUT2D eigenvalue weighted by Gasteiger charge is -2.34. The second kappa shape index (κ2) is 7.71. The van der Waals surface area contributed by atoms with E-state index in [9.17, 15) is 14.9 Å². The van der Waals surface area contributed by atoms with Crippen LogP contribution in [0.15, 0.2) is 30.6 Å². The Morgan fingerprint density at radius 3 is 3.00 bits per heavy atom. The third kappa shape index (κ3) is 3.78. The minimum absolute atomic E-state index is 0.0361. The summed E-state index contributed by atoms with van der Waals surface area (Å²) in [7, 11) is 1.19. The van der Waals surface area contributed by atoms with E-state index >= 15 is 0 Å². The van der Waals surface area contributed by atoms with Crippen molar-refractivity contribution in [2.45, 2.75) is 12.6 Å². The highest BCUT2D eigenvalue weighted by Crippen LogP contribution is 2.35. The number of esters is 1. The maximum atomic E-state index is 11.8. The first-order chi connectivity index (χ1) is 12.5. The Kier molecular flexibility index (Phi) is 5.38. The summed E-state index contributed by atoms with van der Waals surface area (Å²) in [5, 5.41) is 15.8. The summed E-state index contributed by atoms with van der Waals surface area (Å²) >= 11 is 6.15. The molecule has 10 heteroatoms. The monoisotopic (exact) mass is 380 g/mol. The van der Waals surface area contributed by atoms with Crippen LogP contribution in [0.5, 0.6) is 0 Å². The first-order valence-corrected chi connectivity index (χ1v) is 8.27. The topological polar surface area (TPSA) is 99.7 Å². The minimum Gasteiger partial charge on any atom is -0.465 e. The molecule has 1 fully saturated rings. The molecule has 3 rings (SSSR count). The summed E-state index contributed by atoms with van der Waals surface area (Å²) in [6.07, 6.45) is 3.33. The number of nitro groups is 1. The number of hydrogen-bond donors (Lipinski definition) is 0. The van der Waals surface area contributed by atoms with Crippen LogP contribution in [-0.4, -0.2) is 53.6 Å². The maximum Gasteiger partial charge on any atom is 0.339 e. The third-order valence-electron chi connectivity index (χ3n) is 4.10. The Balaban J connectivity index is 1.88. The second-order valence-corrected chi connectivity index (χ2v) is 6.14. The number of nitrogens with zero attached hydrogens (tertiary/aromatic N) is 4. The summed E-state index contributed by atoms with van der Waals surface area (Å²) in [5.41, 5.74) is 0.113. The number of hydrogen-bond acceptors (Lipinski definition) is 7. The van der Waals surface area contributed by atoms with Crippen LogP contribution in [0.25, 0.3) is 0 Å². The highest BCUT2D eigenvalue weighted by atomic mass is 35.5. The van der Waals surface area contributed by atoms with Gasteiger partial charge in [0.15, 0.2) is 0 Å². The van der Waals surface area contributed by atoms with Crippen LogP contribution in [-0.2, 0) is 16.0 Å². The fraction of sp³-hybridized carbons (Fsp3) is 0.375. The van der Waals surface area contributed by atoms with Gasteiger partial charge in [0, 0.05) is 31.5 Å². The quantitative estimate of drug-likeness (QED) is 0.445. The van der Waals surface area contributed by atoms with Crippen LogP contribution in [0.1, 0.15) is 10.4 Å². The van der Waals surface area contributed by atoms with E-state index in [2.05, 4.69) is 9.84 Å². The SMILES string of the molecule is COC(=O)c1cc([N+](=O)[O-])c(N2CCOC(Cn3cccn3)C2)cc1Cl. The van der Waals surface area contributed by atoms with Crippen molar-refractivity contribution < 1.29 is 19.2 Å². The molecular weight excluding hydrogens is 364 g/mol. The second-order valence-electron chi connectivity index (χ2n) is 5.74. The number of methoxy groups -OCH3 is 1. The Morgan fingerprint density at radius 1 is 1.54 bits per heavy atom. The molecule has 1 saturated heterocycles. The first kappa shape index (κ1) is 18.2. The summed E-state index contributed by atoms with van der Waals surface area (Å²) in [5.74, 6) is -0.719. The van der Waals surface area contributed by atoms with Crippen LogP contribution in [0.2, 0.25) is 5.02 Å². The Hall–Kier alpha value is -2.65. The molecule has 1 atom stereocenters. The molecule has 138 valence electrons. The molecular formula is C16H17ClN4O5. The molecule has 2 heterocycles. The molecule has 1 aliphatic rings.